The van der Waals surface area contributed by atoms with Crippen molar-refractivity contribution in [2.75, 3.05) is 13.6 Å². The highest BCUT2D eigenvalue weighted by Crippen LogP contribution is 2.30. The zero-order valence-corrected chi connectivity index (χ0v) is 16.1. The van der Waals surface area contributed by atoms with Crippen LogP contribution < -0.4 is 5.32 Å². The Balaban J connectivity index is 0.00000196. The second kappa shape index (κ2) is 7.97. The molecule has 0 aromatic heterocycles. The molecule has 3 heterocycles. The van der Waals surface area contributed by atoms with Crippen LogP contribution in [0.2, 0.25) is 0 Å². The molecule has 142 valence electrons. The third-order valence-corrected chi connectivity index (χ3v) is 6.03. The Labute approximate surface area is 161 Å². The normalized spacial score (nSPS) is 27.3. The Kier molecular flexibility index (Phi) is 5.88. The lowest BCUT2D eigenvalue weighted by Gasteiger charge is -2.35. The number of carbonyl (C=O) groups excluding carboxylic acids is 2. The minimum Gasteiger partial charge on any atom is -0.339 e. The van der Waals surface area contributed by atoms with Crippen molar-refractivity contribution >= 4 is 24.2 Å². The van der Waals surface area contributed by atoms with Gasteiger partial charge in [-0.3, -0.25) is 9.59 Å². The van der Waals surface area contributed by atoms with Gasteiger partial charge in [-0.15, -0.1) is 12.4 Å². The van der Waals surface area contributed by atoms with Crippen molar-refractivity contribution in [3.8, 4) is 0 Å². The maximum atomic E-state index is 13.0. The molecule has 0 spiro atoms. The summed E-state index contributed by atoms with van der Waals surface area (Å²) in [7, 11) is 1.94. The zero-order valence-electron chi connectivity index (χ0n) is 15.3. The smallest absolute Gasteiger partial charge is 0.253 e. The molecule has 6 heteroatoms. The summed E-state index contributed by atoms with van der Waals surface area (Å²) in [5.41, 5.74) is 1.78. The number of carbonyl (C=O) groups is 2. The van der Waals surface area contributed by atoms with E-state index in [1.807, 2.05) is 41.1 Å². The Morgan fingerprint density at radius 2 is 2.00 bits per heavy atom. The zero-order chi connectivity index (χ0) is 17.4. The Hall–Kier alpha value is -1.59. The van der Waals surface area contributed by atoms with Gasteiger partial charge in [-0.25, -0.2) is 0 Å². The first kappa shape index (κ1) is 19.2. The topological polar surface area (TPSA) is 52.7 Å². The van der Waals surface area contributed by atoms with Gasteiger partial charge in [-0.2, -0.15) is 0 Å². The number of amides is 2. The van der Waals surface area contributed by atoms with Crippen LogP contribution in [0.5, 0.6) is 0 Å². The van der Waals surface area contributed by atoms with E-state index in [4.69, 9.17) is 0 Å². The molecule has 2 atom stereocenters. The van der Waals surface area contributed by atoms with Crippen LogP contribution in [0, 0.1) is 0 Å². The first-order chi connectivity index (χ1) is 12.1. The second-order valence-electron chi connectivity index (χ2n) is 7.80. The Morgan fingerprint density at radius 3 is 2.65 bits per heavy atom. The molecule has 1 aromatic carbocycles. The third-order valence-electron chi connectivity index (χ3n) is 6.03. The molecule has 2 bridgehead atoms. The molecule has 0 aliphatic carbocycles. The highest BCUT2D eigenvalue weighted by Gasteiger charge is 2.36. The van der Waals surface area contributed by atoms with E-state index in [2.05, 4.69) is 5.32 Å². The molecule has 5 nitrogen and oxygen atoms in total. The largest absolute Gasteiger partial charge is 0.339 e. The fraction of sp³-hybridized carbons (Fsp3) is 0.600. The van der Waals surface area contributed by atoms with Gasteiger partial charge in [0.15, 0.2) is 0 Å². The van der Waals surface area contributed by atoms with Crippen LogP contribution in [0.25, 0.3) is 0 Å². The number of fused-ring (bicyclic) bond motifs is 2. The van der Waals surface area contributed by atoms with E-state index in [1.54, 1.807) is 0 Å². The molecule has 1 aromatic rings. The molecule has 2 unspecified atom stereocenters. The summed E-state index contributed by atoms with van der Waals surface area (Å²) in [6.07, 6.45) is 6.18. The van der Waals surface area contributed by atoms with Crippen molar-refractivity contribution in [2.24, 2.45) is 0 Å². The predicted molar refractivity (Wildman–Crippen MR) is 103 cm³/mol. The Morgan fingerprint density at radius 1 is 1.27 bits per heavy atom. The fourth-order valence-electron chi connectivity index (χ4n) is 4.61. The van der Waals surface area contributed by atoms with Gasteiger partial charge in [0, 0.05) is 50.2 Å². The molecule has 3 aliphatic rings. The van der Waals surface area contributed by atoms with Crippen LogP contribution >= 0.6 is 12.4 Å². The van der Waals surface area contributed by atoms with E-state index in [0.29, 0.717) is 31.1 Å². The lowest BCUT2D eigenvalue weighted by Crippen LogP contribution is -2.48. The van der Waals surface area contributed by atoms with Crippen molar-refractivity contribution in [2.45, 2.75) is 63.2 Å². The summed E-state index contributed by atoms with van der Waals surface area (Å²) in [5.74, 6) is 0.319. The summed E-state index contributed by atoms with van der Waals surface area (Å²) in [5, 5.41) is 3.63. The highest BCUT2D eigenvalue weighted by atomic mass is 35.5. The molecule has 4 rings (SSSR count). The summed E-state index contributed by atoms with van der Waals surface area (Å²) in [6, 6.07) is 9.27. The maximum absolute atomic E-state index is 13.0. The lowest BCUT2D eigenvalue weighted by molar-refractivity contribution is -0.128. The van der Waals surface area contributed by atoms with Crippen LogP contribution in [0.4, 0.5) is 0 Å². The van der Waals surface area contributed by atoms with Gasteiger partial charge in [0.05, 0.1) is 0 Å². The summed E-state index contributed by atoms with van der Waals surface area (Å²) in [4.78, 5) is 28.6. The predicted octanol–water partition coefficient (Wildman–Crippen LogP) is 2.59. The molecule has 1 N–H and O–H groups in total. The average molecular weight is 378 g/mol. The first-order valence-electron chi connectivity index (χ1n) is 9.50. The van der Waals surface area contributed by atoms with Crippen molar-refractivity contribution in [3.05, 3.63) is 35.4 Å². The van der Waals surface area contributed by atoms with Crippen LogP contribution in [-0.4, -0.2) is 53.3 Å². The van der Waals surface area contributed by atoms with Crippen LogP contribution in [0.1, 0.15) is 54.4 Å². The van der Waals surface area contributed by atoms with Crippen molar-refractivity contribution in [3.63, 3.8) is 0 Å². The molecule has 2 amide bonds. The van der Waals surface area contributed by atoms with Gasteiger partial charge in [-0.05, 0) is 49.8 Å². The summed E-state index contributed by atoms with van der Waals surface area (Å²) >= 11 is 0. The van der Waals surface area contributed by atoms with Gasteiger partial charge in [0.25, 0.3) is 5.91 Å². The molecular weight excluding hydrogens is 350 g/mol. The number of nitrogens with one attached hydrogen (secondary N) is 1. The third kappa shape index (κ3) is 3.89. The number of benzene rings is 1. The molecule has 3 saturated heterocycles. The van der Waals surface area contributed by atoms with E-state index in [-0.39, 0.29) is 24.2 Å². The van der Waals surface area contributed by atoms with Gasteiger partial charge in [-0.1, -0.05) is 12.1 Å². The SMILES string of the molecule is CN(C(=O)c1cccc(CN2CCCC2=O)c1)C1CC2CCC(C1)N2.Cl. The van der Waals surface area contributed by atoms with Crippen LogP contribution in [0.3, 0.4) is 0 Å². The fourth-order valence-corrected chi connectivity index (χ4v) is 4.61. The number of nitrogens with zero attached hydrogens (tertiary/aromatic N) is 2. The molecule has 3 aliphatic heterocycles. The van der Waals surface area contributed by atoms with Crippen LogP contribution in [0.15, 0.2) is 24.3 Å². The van der Waals surface area contributed by atoms with E-state index >= 15 is 0 Å². The monoisotopic (exact) mass is 377 g/mol. The van der Waals surface area contributed by atoms with E-state index < -0.39 is 0 Å². The molecular formula is C20H28ClN3O2. The molecule has 26 heavy (non-hydrogen) atoms. The van der Waals surface area contributed by atoms with E-state index in [0.717, 1.165) is 36.9 Å². The van der Waals surface area contributed by atoms with Gasteiger partial charge >= 0.3 is 0 Å². The summed E-state index contributed by atoms with van der Waals surface area (Å²) < 4.78 is 0. The van der Waals surface area contributed by atoms with Crippen LogP contribution in [-0.2, 0) is 11.3 Å². The highest BCUT2D eigenvalue weighted by molar-refractivity contribution is 5.94. The van der Waals surface area contributed by atoms with Crippen molar-refractivity contribution in [1.29, 1.82) is 0 Å². The second-order valence-corrected chi connectivity index (χ2v) is 7.80. The quantitative estimate of drug-likeness (QED) is 0.877. The number of halogens is 1. The Bertz CT molecular complexity index is 669. The van der Waals surface area contributed by atoms with Gasteiger partial charge in [0.2, 0.25) is 5.91 Å². The van der Waals surface area contributed by atoms with Crippen molar-refractivity contribution < 1.29 is 9.59 Å². The number of piperidine rings is 1. The van der Waals surface area contributed by atoms with Gasteiger partial charge in [0.1, 0.15) is 0 Å². The number of likely N-dealkylation sites (tertiary alicyclic amines) is 1. The molecule has 0 radical (unpaired) electrons. The minimum absolute atomic E-state index is 0. The van der Waals surface area contributed by atoms with Crippen molar-refractivity contribution in [1.82, 2.24) is 15.1 Å². The number of rotatable bonds is 4. The van der Waals surface area contributed by atoms with E-state index in [1.165, 1.54) is 12.8 Å². The first-order valence-corrected chi connectivity index (χ1v) is 9.50. The maximum Gasteiger partial charge on any atom is 0.253 e. The summed E-state index contributed by atoms with van der Waals surface area (Å²) in [6.45, 7) is 1.44. The van der Waals surface area contributed by atoms with Gasteiger partial charge < -0.3 is 15.1 Å². The van der Waals surface area contributed by atoms with E-state index in [9.17, 15) is 9.59 Å². The number of hydrogen-bond acceptors (Lipinski definition) is 3. The standard InChI is InChI=1S/C20H27N3O2.ClH/c1-22(18-11-16-7-8-17(12-18)21-16)20(25)15-5-2-4-14(10-15)13-23-9-3-6-19(23)24;/h2,4-5,10,16-18,21H,3,6-9,11-13H2,1H3;1H. The number of hydrogen-bond donors (Lipinski definition) is 1. The molecule has 0 saturated carbocycles. The lowest BCUT2D eigenvalue weighted by atomic mass is 9.97. The average Bonchev–Trinajstić information content (AvgIpc) is 3.18. The minimum atomic E-state index is 0. The molecule has 3 fully saturated rings.